The molecule has 1 heterocycles. The molecule has 0 spiro atoms. The van der Waals surface area contributed by atoms with Crippen molar-refractivity contribution in [3.8, 4) is 0 Å². The SMILES string of the molecule is CC(O)c1cccc(C(C)(C)CC(O)(CN2C=CCc3ccccc32)C(F)(F)F)c1. The highest BCUT2D eigenvalue weighted by atomic mass is 19.4. The molecule has 0 radical (unpaired) electrons. The van der Waals surface area contributed by atoms with Gasteiger partial charge in [0.1, 0.15) is 0 Å². The van der Waals surface area contributed by atoms with Crippen LogP contribution in [0.5, 0.6) is 0 Å². The number of alkyl halides is 3. The van der Waals surface area contributed by atoms with Gasteiger partial charge in [-0.25, -0.2) is 0 Å². The Kier molecular flexibility index (Phi) is 6.03. The number of fused-ring (bicyclic) bond motifs is 1. The summed E-state index contributed by atoms with van der Waals surface area (Å²) in [6, 6.07) is 14.2. The third kappa shape index (κ3) is 4.55. The summed E-state index contributed by atoms with van der Waals surface area (Å²) in [7, 11) is 0. The van der Waals surface area contributed by atoms with Crippen LogP contribution >= 0.6 is 0 Å². The summed E-state index contributed by atoms with van der Waals surface area (Å²) >= 11 is 0. The number of benzene rings is 2. The fourth-order valence-electron chi connectivity index (χ4n) is 4.07. The molecule has 0 fully saturated rings. The fourth-order valence-corrected chi connectivity index (χ4v) is 4.07. The molecule has 0 aliphatic carbocycles. The van der Waals surface area contributed by atoms with Crippen molar-refractivity contribution < 1.29 is 23.4 Å². The molecule has 0 saturated carbocycles. The number of halogens is 3. The summed E-state index contributed by atoms with van der Waals surface area (Å²) < 4.78 is 42.4. The van der Waals surface area contributed by atoms with E-state index in [1.54, 1.807) is 69.4 Å². The number of anilines is 1. The van der Waals surface area contributed by atoms with Crippen LogP contribution in [0.3, 0.4) is 0 Å². The lowest BCUT2D eigenvalue weighted by Gasteiger charge is -2.41. The van der Waals surface area contributed by atoms with Crippen LogP contribution in [0.4, 0.5) is 18.9 Å². The fraction of sp³-hybridized carbons (Fsp3) is 0.417. The Bertz CT molecular complexity index is 921. The number of nitrogens with zero attached hydrogens (tertiary/aromatic N) is 1. The number of allylic oxidation sites excluding steroid dienone is 1. The summed E-state index contributed by atoms with van der Waals surface area (Å²) in [5.74, 6) is 0. The monoisotopic (exact) mass is 419 g/mol. The zero-order chi connectivity index (χ0) is 22.2. The number of hydrogen-bond donors (Lipinski definition) is 2. The predicted molar refractivity (Wildman–Crippen MR) is 112 cm³/mol. The zero-order valence-electron chi connectivity index (χ0n) is 17.4. The van der Waals surface area contributed by atoms with E-state index in [4.69, 9.17) is 0 Å². The second-order valence-electron chi connectivity index (χ2n) is 8.74. The van der Waals surface area contributed by atoms with E-state index in [1.807, 2.05) is 12.1 Å². The van der Waals surface area contributed by atoms with Crippen LogP contribution in [-0.4, -0.2) is 28.5 Å². The van der Waals surface area contributed by atoms with Gasteiger partial charge in [0, 0.05) is 11.9 Å². The Morgan fingerprint density at radius 2 is 1.77 bits per heavy atom. The molecular weight excluding hydrogens is 391 g/mol. The highest BCUT2D eigenvalue weighted by Crippen LogP contribution is 2.43. The standard InChI is InChI=1S/C24H28F3NO2/c1-17(29)19-9-6-11-20(14-19)22(2,3)15-23(30,24(25,26)27)16-28-13-7-10-18-8-4-5-12-21(18)28/h4-9,11-14,17,29-30H,10,15-16H2,1-3H3. The molecule has 162 valence electrons. The molecule has 0 bridgehead atoms. The van der Waals surface area contributed by atoms with Gasteiger partial charge in [-0.1, -0.05) is 62.4 Å². The number of aliphatic hydroxyl groups excluding tert-OH is 1. The van der Waals surface area contributed by atoms with Gasteiger partial charge in [-0.2, -0.15) is 13.2 Å². The lowest BCUT2D eigenvalue weighted by molar-refractivity contribution is -0.262. The Morgan fingerprint density at radius 1 is 1.07 bits per heavy atom. The minimum atomic E-state index is -4.81. The van der Waals surface area contributed by atoms with E-state index >= 15 is 0 Å². The second-order valence-corrected chi connectivity index (χ2v) is 8.74. The van der Waals surface area contributed by atoms with Crippen molar-refractivity contribution in [2.75, 3.05) is 11.4 Å². The van der Waals surface area contributed by atoms with E-state index in [1.165, 1.54) is 4.90 Å². The van der Waals surface area contributed by atoms with Gasteiger partial charge in [0.2, 0.25) is 0 Å². The largest absolute Gasteiger partial charge is 0.418 e. The lowest BCUT2D eigenvalue weighted by atomic mass is 9.74. The van der Waals surface area contributed by atoms with Crippen LogP contribution in [0.15, 0.2) is 60.8 Å². The number of aliphatic hydroxyl groups is 2. The van der Waals surface area contributed by atoms with Crippen molar-refractivity contribution in [2.45, 2.75) is 56.9 Å². The average Bonchev–Trinajstić information content (AvgIpc) is 2.67. The summed E-state index contributed by atoms with van der Waals surface area (Å²) in [6.07, 6.45) is -1.99. The lowest BCUT2D eigenvalue weighted by Crippen LogP contribution is -2.55. The van der Waals surface area contributed by atoms with E-state index in [2.05, 4.69) is 0 Å². The topological polar surface area (TPSA) is 43.7 Å². The van der Waals surface area contributed by atoms with Crippen LogP contribution in [0, 0.1) is 0 Å². The summed E-state index contributed by atoms with van der Waals surface area (Å²) in [5, 5.41) is 20.8. The Hall–Kier alpha value is -2.31. The first-order chi connectivity index (χ1) is 13.9. The molecule has 2 unspecified atom stereocenters. The summed E-state index contributed by atoms with van der Waals surface area (Å²) in [5.41, 5.74) is -1.03. The van der Waals surface area contributed by atoms with Gasteiger partial charge in [-0.05, 0) is 47.9 Å². The molecule has 2 atom stereocenters. The molecule has 1 aliphatic rings. The van der Waals surface area contributed by atoms with Gasteiger partial charge in [-0.3, -0.25) is 0 Å². The first kappa shape index (κ1) is 22.4. The number of β-amino-alcohol motifs (C(OH)–C–C–N with tert-alkyl or cyclic N) is 1. The number of para-hydroxylation sites is 1. The molecule has 3 nitrogen and oxygen atoms in total. The highest BCUT2D eigenvalue weighted by Gasteiger charge is 2.56. The molecule has 3 rings (SSSR count). The van der Waals surface area contributed by atoms with Gasteiger partial charge < -0.3 is 15.1 Å². The zero-order valence-corrected chi connectivity index (χ0v) is 17.4. The molecule has 2 aromatic carbocycles. The highest BCUT2D eigenvalue weighted by molar-refractivity contribution is 5.59. The van der Waals surface area contributed by atoms with E-state index < -0.39 is 36.3 Å². The molecule has 2 N–H and O–H groups in total. The van der Waals surface area contributed by atoms with Gasteiger partial charge in [0.15, 0.2) is 5.60 Å². The molecule has 1 aliphatic heterocycles. The third-order valence-electron chi connectivity index (χ3n) is 5.77. The normalized spacial score (nSPS) is 17.4. The van der Waals surface area contributed by atoms with Crippen molar-refractivity contribution in [1.82, 2.24) is 0 Å². The molecule has 0 aromatic heterocycles. The van der Waals surface area contributed by atoms with E-state index in [0.717, 1.165) is 5.56 Å². The maximum atomic E-state index is 14.1. The number of rotatable bonds is 6. The van der Waals surface area contributed by atoms with Crippen LogP contribution < -0.4 is 4.90 Å². The third-order valence-corrected chi connectivity index (χ3v) is 5.77. The first-order valence-electron chi connectivity index (χ1n) is 10.0. The smallest absolute Gasteiger partial charge is 0.389 e. The molecule has 30 heavy (non-hydrogen) atoms. The first-order valence-corrected chi connectivity index (χ1v) is 10.0. The second kappa shape index (κ2) is 8.08. The van der Waals surface area contributed by atoms with Crippen molar-refractivity contribution in [2.24, 2.45) is 0 Å². The maximum absolute atomic E-state index is 14.1. The van der Waals surface area contributed by atoms with Crippen LogP contribution in [0.1, 0.15) is 50.0 Å². The van der Waals surface area contributed by atoms with E-state index in [9.17, 15) is 23.4 Å². The Morgan fingerprint density at radius 3 is 2.43 bits per heavy atom. The summed E-state index contributed by atoms with van der Waals surface area (Å²) in [6.45, 7) is 4.39. The molecule has 2 aromatic rings. The van der Waals surface area contributed by atoms with Gasteiger partial charge in [0.25, 0.3) is 0 Å². The average molecular weight is 419 g/mol. The van der Waals surface area contributed by atoms with E-state index in [0.29, 0.717) is 23.2 Å². The van der Waals surface area contributed by atoms with Gasteiger partial charge in [0.05, 0.1) is 12.6 Å². The predicted octanol–water partition coefficient (Wildman–Crippen LogP) is 5.28. The molecule has 0 amide bonds. The van der Waals surface area contributed by atoms with Gasteiger partial charge in [-0.15, -0.1) is 0 Å². The van der Waals surface area contributed by atoms with Crippen LogP contribution in [0.25, 0.3) is 0 Å². The molecular formula is C24H28F3NO2. The molecule has 0 saturated heterocycles. The van der Waals surface area contributed by atoms with Crippen molar-refractivity contribution in [1.29, 1.82) is 0 Å². The maximum Gasteiger partial charge on any atom is 0.418 e. The van der Waals surface area contributed by atoms with Crippen molar-refractivity contribution >= 4 is 5.69 Å². The quantitative estimate of drug-likeness (QED) is 0.670. The van der Waals surface area contributed by atoms with Crippen molar-refractivity contribution in [3.63, 3.8) is 0 Å². The molecule has 6 heteroatoms. The van der Waals surface area contributed by atoms with Crippen molar-refractivity contribution in [3.05, 3.63) is 77.5 Å². The van der Waals surface area contributed by atoms with Gasteiger partial charge >= 0.3 is 6.18 Å². The van der Waals surface area contributed by atoms with Crippen LogP contribution in [0.2, 0.25) is 0 Å². The Balaban J connectivity index is 1.93. The van der Waals surface area contributed by atoms with Crippen LogP contribution in [-0.2, 0) is 11.8 Å². The minimum Gasteiger partial charge on any atom is -0.389 e. The summed E-state index contributed by atoms with van der Waals surface area (Å²) in [4.78, 5) is 1.48. The Labute approximate surface area is 175 Å². The number of hydrogen-bond acceptors (Lipinski definition) is 3. The van der Waals surface area contributed by atoms with E-state index in [-0.39, 0.29) is 0 Å². The minimum absolute atomic E-state index is 0.515.